The molecule has 8 nitrogen and oxygen atoms in total. The molecule has 1 amide bonds. The van der Waals surface area contributed by atoms with Crippen molar-refractivity contribution in [1.82, 2.24) is 5.32 Å². The predicted molar refractivity (Wildman–Crippen MR) is 201 cm³/mol. The minimum atomic E-state index is -4.58. The largest absolute Gasteiger partial charge is 0.756 e. The lowest BCUT2D eigenvalue weighted by Crippen LogP contribution is -2.45. The predicted octanol–water partition coefficient (Wildman–Crippen LogP) is 9.55. The summed E-state index contributed by atoms with van der Waals surface area (Å²) in [7, 11) is 1.24. The molecule has 9 heteroatoms. The number of likely N-dealkylation sites (N-methyl/N-ethyl adjacent to an activating group) is 1. The number of amides is 1. The average Bonchev–Trinajstić information content (AvgIpc) is 3.02. The third-order valence-corrected chi connectivity index (χ3v) is 9.63. The Kier molecular flexibility index (Phi) is 31.2. The number of aliphatic hydroxyl groups is 1. The van der Waals surface area contributed by atoms with Crippen LogP contribution in [0.2, 0.25) is 0 Å². The fraction of sp³-hybridized carbons (Fsp3) is 0.872. The number of hydrogen-bond acceptors (Lipinski definition) is 6. The van der Waals surface area contributed by atoms with E-state index in [0.717, 1.165) is 38.5 Å². The van der Waals surface area contributed by atoms with Gasteiger partial charge >= 0.3 is 0 Å². The number of carbonyl (C=O) groups excluding carboxylic acids is 1. The number of aliphatic hydroxyl groups excluding tert-OH is 1. The Hall–Kier alpha value is -1.02. The van der Waals surface area contributed by atoms with Crippen molar-refractivity contribution in [2.45, 2.75) is 180 Å². The molecule has 0 saturated heterocycles. The fourth-order valence-corrected chi connectivity index (χ4v) is 6.18. The summed E-state index contributed by atoms with van der Waals surface area (Å²) in [4.78, 5) is 25.1. The first-order valence-corrected chi connectivity index (χ1v) is 21.2. The lowest BCUT2D eigenvalue weighted by molar-refractivity contribution is -0.870. The van der Waals surface area contributed by atoms with Gasteiger partial charge in [-0.1, -0.05) is 154 Å². The number of hydrogen-bond donors (Lipinski definition) is 2. The van der Waals surface area contributed by atoms with Crippen molar-refractivity contribution >= 4 is 13.7 Å². The lowest BCUT2D eigenvalue weighted by atomic mass is 10.1. The maximum Gasteiger partial charge on any atom is 0.268 e. The summed E-state index contributed by atoms with van der Waals surface area (Å²) in [6.45, 7) is 4.59. The van der Waals surface area contributed by atoms with E-state index in [1.807, 2.05) is 27.2 Å². The molecule has 0 fully saturated rings. The topological polar surface area (TPSA) is 108 Å². The number of quaternary nitrogens is 1. The quantitative estimate of drug-likeness (QED) is 0.0295. The van der Waals surface area contributed by atoms with Gasteiger partial charge in [-0.3, -0.25) is 9.36 Å². The molecule has 0 aliphatic rings. The number of nitrogens with one attached hydrogen (secondary N) is 1. The van der Waals surface area contributed by atoms with Gasteiger partial charge in [0.2, 0.25) is 5.91 Å². The zero-order chi connectivity index (χ0) is 35.8. The van der Waals surface area contributed by atoms with Crippen LogP contribution in [-0.4, -0.2) is 68.5 Å². The van der Waals surface area contributed by atoms with Crippen molar-refractivity contribution in [3.05, 3.63) is 24.3 Å². The van der Waals surface area contributed by atoms with Gasteiger partial charge in [0.1, 0.15) is 13.2 Å². The molecule has 1 unspecified atom stereocenters. The third-order valence-electron chi connectivity index (χ3n) is 8.66. The van der Waals surface area contributed by atoms with Crippen LogP contribution in [0.4, 0.5) is 0 Å². The first-order valence-electron chi connectivity index (χ1n) is 19.7. The number of unbranched alkanes of at least 4 members (excludes halogenated alkanes) is 20. The van der Waals surface area contributed by atoms with E-state index in [-0.39, 0.29) is 19.1 Å². The van der Waals surface area contributed by atoms with Crippen molar-refractivity contribution in [3.8, 4) is 0 Å². The van der Waals surface area contributed by atoms with Gasteiger partial charge in [0.05, 0.1) is 39.9 Å². The molecule has 0 radical (unpaired) electrons. The standard InChI is InChI=1S/C39H77N2O6P/c1-6-8-10-12-14-16-18-19-20-21-22-23-24-26-28-30-32-38(42)37(36-47-48(44,45)46-35-34-41(3,4)5)40-39(43)33-31-29-27-25-17-15-13-11-9-7-2/h23-24,30,32,37-38,42H,6-22,25-29,31,33-36H2,1-5H3,(H-,40,43,44,45)/b24-23+,32-30+/t37-,38+/m1/s1. The highest BCUT2D eigenvalue weighted by Crippen LogP contribution is 2.38. The normalized spacial score (nSPS) is 14.9. The summed E-state index contributed by atoms with van der Waals surface area (Å²) < 4.78 is 23.1. The molecule has 0 aliphatic carbocycles. The van der Waals surface area contributed by atoms with Crippen LogP contribution in [0.1, 0.15) is 168 Å². The Morgan fingerprint density at radius 2 is 1.17 bits per heavy atom. The van der Waals surface area contributed by atoms with Crippen molar-refractivity contribution < 1.29 is 32.9 Å². The molecule has 0 aromatic heterocycles. The molecule has 284 valence electrons. The molecule has 0 spiro atoms. The summed E-state index contributed by atoms with van der Waals surface area (Å²) >= 11 is 0. The summed E-state index contributed by atoms with van der Waals surface area (Å²) in [6.07, 6.45) is 35.1. The molecule has 3 atom stereocenters. The summed E-state index contributed by atoms with van der Waals surface area (Å²) in [5, 5.41) is 13.7. The molecular weight excluding hydrogens is 623 g/mol. The van der Waals surface area contributed by atoms with E-state index >= 15 is 0 Å². The molecular formula is C39H77N2O6P. The molecule has 0 rings (SSSR count). The van der Waals surface area contributed by atoms with Crippen LogP contribution in [0.3, 0.4) is 0 Å². The average molecular weight is 701 g/mol. The number of phosphoric acid groups is 1. The smallest absolute Gasteiger partial charge is 0.268 e. The second-order valence-electron chi connectivity index (χ2n) is 14.6. The number of rotatable bonds is 35. The summed E-state index contributed by atoms with van der Waals surface area (Å²) in [5.74, 6) is -0.211. The zero-order valence-electron chi connectivity index (χ0n) is 31.9. The Bertz CT molecular complexity index is 845. The first kappa shape index (κ1) is 47.0. The molecule has 2 N–H and O–H groups in total. The van der Waals surface area contributed by atoms with E-state index < -0.39 is 20.0 Å². The van der Waals surface area contributed by atoms with E-state index in [1.54, 1.807) is 6.08 Å². The molecule has 0 aromatic carbocycles. The van der Waals surface area contributed by atoms with E-state index in [9.17, 15) is 19.4 Å². The zero-order valence-corrected chi connectivity index (χ0v) is 32.8. The van der Waals surface area contributed by atoms with Gasteiger partial charge in [-0.05, 0) is 32.1 Å². The summed E-state index contributed by atoms with van der Waals surface area (Å²) in [6, 6.07) is -0.895. The van der Waals surface area contributed by atoms with Crippen LogP contribution in [-0.2, 0) is 18.4 Å². The third kappa shape index (κ3) is 33.5. The Labute approximate surface area is 296 Å². The van der Waals surface area contributed by atoms with E-state index in [2.05, 4.69) is 31.3 Å². The lowest BCUT2D eigenvalue weighted by Gasteiger charge is -2.29. The fourth-order valence-electron chi connectivity index (χ4n) is 5.46. The number of nitrogens with zero attached hydrogens (tertiary/aromatic N) is 1. The molecule has 0 saturated carbocycles. The van der Waals surface area contributed by atoms with E-state index in [4.69, 9.17) is 9.05 Å². The van der Waals surface area contributed by atoms with Crippen LogP contribution in [0.15, 0.2) is 24.3 Å². The Morgan fingerprint density at radius 3 is 1.69 bits per heavy atom. The Balaban J connectivity index is 4.55. The minimum Gasteiger partial charge on any atom is -0.756 e. The van der Waals surface area contributed by atoms with Crippen molar-refractivity contribution in [2.75, 3.05) is 40.9 Å². The second-order valence-corrected chi connectivity index (χ2v) is 16.0. The number of phosphoric ester groups is 1. The van der Waals surface area contributed by atoms with Crippen LogP contribution in [0.5, 0.6) is 0 Å². The van der Waals surface area contributed by atoms with Crippen LogP contribution in [0.25, 0.3) is 0 Å². The van der Waals surface area contributed by atoms with Gasteiger partial charge in [-0.25, -0.2) is 0 Å². The van der Waals surface area contributed by atoms with Gasteiger partial charge < -0.3 is 28.8 Å². The van der Waals surface area contributed by atoms with Crippen LogP contribution >= 0.6 is 7.82 Å². The summed E-state index contributed by atoms with van der Waals surface area (Å²) in [5.41, 5.74) is 0. The molecule has 0 aromatic rings. The van der Waals surface area contributed by atoms with Gasteiger partial charge in [-0.2, -0.15) is 0 Å². The maximum atomic E-state index is 12.7. The van der Waals surface area contributed by atoms with Gasteiger partial charge in [-0.15, -0.1) is 0 Å². The van der Waals surface area contributed by atoms with Crippen molar-refractivity contribution in [1.29, 1.82) is 0 Å². The molecule has 0 aliphatic heterocycles. The second kappa shape index (κ2) is 31.9. The first-order chi connectivity index (χ1) is 23.0. The van der Waals surface area contributed by atoms with Gasteiger partial charge in [0.15, 0.2) is 0 Å². The number of allylic oxidation sites excluding steroid dienone is 3. The molecule has 48 heavy (non-hydrogen) atoms. The highest BCUT2D eigenvalue weighted by Gasteiger charge is 2.23. The maximum absolute atomic E-state index is 12.7. The highest BCUT2D eigenvalue weighted by molar-refractivity contribution is 7.45. The van der Waals surface area contributed by atoms with Gasteiger partial charge in [0, 0.05) is 6.42 Å². The van der Waals surface area contributed by atoms with Gasteiger partial charge in [0.25, 0.3) is 7.82 Å². The molecule has 0 heterocycles. The molecule has 0 bridgehead atoms. The van der Waals surface area contributed by atoms with Crippen LogP contribution < -0.4 is 10.2 Å². The monoisotopic (exact) mass is 701 g/mol. The van der Waals surface area contributed by atoms with E-state index in [1.165, 1.54) is 109 Å². The van der Waals surface area contributed by atoms with Crippen molar-refractivity contribution in [2.24, 2.45) is 0 Å². The SMILES string of the molecule is CCCCCCCCCCCC/C=C/CC/C=C/[C@H](O)[C@@H](COP(=O)([O-])OCC[N+](C)(C)C)NC(=O)CCCCCCCCCCCC. The minimum absolute atomic E-state index is 0.00475. The Morgan fingerprint density at radius 1 is 0.708 bits per heavy atom. The van der Waals surface area contributed by atoms with Crippen molar-refractivity contribution in [3.63, 3.8) is 0 Å². The number of carbonyl (C=O) groups is 1. The van der Waals surface area contributed by atoms with E-state index in [0.29, 0.717) is 17.4 Å². The highest BCUT2D eigenvalue weighted by atomic mass is 31.2. The van der Waals surface area contributed by atoms with Crippen LogP contribution in [0, 0.1) is 0 Å².